The molecule has 0 unspecified atom stereocenters. The molecule has 0 spiro atoms. The molecule has 7 heteroatoms. The third-order valence-electron chi connectivity index (χ3n) is 3.00. The molecule has 0 aliphatic carbocycles. The molecule has 120 valence electrons. The summed E-state index contributed by atoms with van der Waals surface area (Å²) in [4.78, 5) is 12.0. The fraction of sp³-hybridized carbons (Fsp3) is 0.0556. The molecule has 2 aromatic carbocycles. The third-order valence-corrected chi connectivity index (χ3v) is 4.44. The fourth-order valence-corrected chi connectivity index (χ4v) is 2.84. The summed E-state index contributed by atoms with van der Waals surface area (Å²) in [6, 6.07) is 19.4. The number of nitriles is 1. The molecule has 0 radical (unpaired) electrons. The average Bonchev–Trinajstić information content (AvgIpc) is 2.62. The van der Waals surface area contributed by atoms with Crippen molar-refractivity contribution in [1.82, 2.24) is 0 Å². The first-order valence-corrected chi connectivity index (χ1v) is 8.40. The van der Waals surface area contributed by atoms with Gasteiger partial charge in [0.1, 0.15) is 6.07 Å². The second-order valence-electron chi connectivity index (χ2n) is 4.67. The van der Waals surface area contributed by atoms with Gasteiger partial charge in [-0.05, 0) is 18.0 Å². The Kier molecular flexibility index (Phi) is 9.50. The Morgan fingerprint density at radius 2 is 1.68 bits per heavy atom. The van der Waals surface area contributed by atoms with E-state index in [1.165, 1.54) is 0 Å². The number of nitrogens with one attached hydrogen (secondary N) is 1. The molecule has 0 fully saturated rings. The Labute approximate surface area is 178 Å². The molecule has 0 heterocycles. The van der Waals surface area contributed by atoms with Gasteiger partial charge in [0.15, 0.2) is 5.78 Å². The van der Waals surface area contributed by atoms with E-state index in [0.29, 0.717) is 11.3 Å². The van der Waals surface area contributed by atoms with E-state index in [1.54, 1.807) is 48.5 Å². The van der Waals surface area contributed by atoms with E-state index >= 15 is 0 Å². The molecule has 0 saturated carbocycles. The van der Waals surface area contributed by atoms with Crippen LogP contribution in [-0.4, -0.2) is 15.7 Å². The van der Waals surface area contributed by atoms with Gasteiger partial charge in [0.25, 0.3) is 0 Å². The molecular weight excluding hydrogens is 363 g/mol. The minimum atomic E-state index is -0.576. The van der Waals surface area contributed by atoms with Crippen LogP contribution in [0.1, 0.15) is 10.4 Å². The van der Waals surface area contributed by atoms with Crippen molar-refractivity contribution in [2.45, 2.75) is 0 Å². The van der Waals surface area contributed by atoms with Crippen LogP contribution in [-0.2, 0) is 0 Å². The largest absolute Gasteiger partial charge is 1.00 e. The summed E-state index contributed by atoms with van der Waals surface area (Å²) in [5, 5.41) is 23.9. The zero-order valence-corrected chi connectivity index (χ0v) is 17.2. The molecule has 2 aromatic rings. The topological polar surface area (TPSA) is 76.0 Å². The number of nitrogens with zero attached hydrogens (tertiary/aromatic N) is 1. The molecule has 1 N–H and O–H groups in total. The molecule has 0 aromatic heterocycles. The zero-order chi connectivity index (χ0) is 17.4. The molecular formula is C18H13N2NaO2S2. The van der Waals surface area contributed by atoms with Crippen LogP contribution in [0.4, 0.5) is 5.69 Å². The molecule has 2 rings (SSSR count). The number of thiocarbonyl (C=S) groups is 1. The Morgan fingerprint density at radius 1 is 1.12 bits per heavy atom. The first kappa shape index (κ1) is 21.4. The molecule has 0 saturated heterocycles. The van der Waals surface area contributed by atoms with Gasteiger partial charge in [-0.2, -0.15) is 5.26 Å². The van der Waals surface area contributed by atoms with Crippen molar-refractivity contribution in [1.29, 1.82) is 5.26 Å². The second-order valence-corrected chi connectivity index (χ2v) is 6.32. The molecule has 25 heavy (non-hydrogen) atoms. The smallest absolute Gasteiger partial charge is 0.859 e. The number of carbonyl (C=O) groups is 1. The van der Waals surface area contributed by atoms with E-state index in [1.807, 2.05) is 18.2 Å². The van der Waals surface area contributed by atoms with Gasteiger partial charge in [0.2, 0.25) is 0 Å². The maximum absolute atomic E-state index is 12.1. The van der Waals surface area contributed by atoms with Crippen LogP contribution in [0, 0.1) is 11.3 Å². The van der Waals surface area contributed by atoms with Gasteiger partial charge >= 0.3 is 29.6 Å². The number of thioether (sulfide) groups is 1. The molecule has 0 amide bonds. The Bertz CT molecular complexity index is 803. The van der Waals surface area contributed by atoms with Gasteiger partial charge in [-0.15, -0.1) is 11.8 Å². The number of rotatable bonds is 6. The number of benzene rings is 2. The maximum atomic E-state index is 12.1. The third kappa shape index (κ3) is 6.65. The van der Waals surface area contributed by atoms with Crippen molar-refractivity contribution in [3.8, 4) is 6.07 Å². The van der Waals surface area contributed by atoms with Crippen molar-refractivity contribution in [3.63, 3.8) is 0 Å². The van der Waals surface area contributed by atoms with Crippen LogP contribution in [0.3, 0.4) is 0 Å². The number of carbonyl (C=O) groups excluding carboxylic acids is 1. The number of Topliss-reactive ketones (excluding diaryl/α,β-unsaturated/α-hetero) is 1. The van der Waals surface area contributed by atoms with Gasteiger partial charge in [-0.25, -0.2) is 0 Å². The van der Waals surface area contributed by atoms with E-state index in [0.717, 1.165) is 11.8 Å². The van der Waals surface area contributed by atoms with E-state index in [2.05, 4.69) is 5.32 Å². The summed E-state index contributed by atoms with van der Waals surface area (Å²) in [6.07, 6.45) is 0. The SMILES string of the molecule is N#C/C(C(=S)SCC(=O)c1ccccc1)=C(/[O-])Nc1ccccc1.[Na+]. The van der Waals surface area contributed by atoms with E-state index in [4.69, 9.17) is 12.2 Å². The summed E-state index contributed by atoms with van der Waals surface area (Å²) in [5.41, 5.74) is 0.975. The summed E-state index contributed by atoms with van der Waals surface area (Å²) in [5.74, 6) is -0.607. The summed E-state index contributed by atoms with van der Waals surface area (Å²) < 4.78 is 0.107. The van der Waals surface area contributed by atoms with Gasteiger partial charge in [-0.1, -0.05) is 60.7 Å². The molecule has 0 atom stereocenters. The average molecular weight is 376 g/mol. The second kappa shape index (κ2) is 11.1. The van der Waals surface area contributed by atoms with Gasteiger partial charge in [-0.3, -0.25) is 4.79 Å². The van der Waals surface area contributed by atoms with Crippen LogP contribution in [0.5, 0.6) is 0 Å². The summed E-state index contributed by atoms with van der Waals surface area (Å²) in [6.45, 7) is 0. The fourth-order valence-electron chi connectivity index (χ4n) is 1.81. The van der Waals surface area contributed by atoms with Gasteiger partial charge in [0.05, 0.1) is 15.5 Å². The number of hydrogen-bond acceptors (Lipinski definition) is 6. The van der Waals surface area contributed by atoms with Crippen molar-refractivity contribution >= 4 is 39.6 Å². The molecule has 0 aliphatic rings. The molecule has 4 nitrogen and oxygen atoms in total. The van der Waals surface area contributed by atoms with E-state index in [-0.39, 0.29) is 50.9 Å². The Hall–Kier alpha value is -1.62. The zero-order valence-electron chi connectivity index (χ0n) is 13.6. The van der Waals surface area contributed by atoms with Crippen LogP contribution in [0.2, 0.25) is 0 Å². The number of ketones is 1. The van der Waals surface area contributed by atoms with Gasteiger partial charge in [0, 0.05) is 11.3 Å². The van der Waals surface area contributed by atoms with Crippen LogP contribution in [0.25, 0.3) is 0 Å². The summed E-state index contributed by atoms with van der Waals surface area (Å²) >= 11 is 6.14. The van der Waals surface area contributed by atoms with Crippen molar-refractivity contribution in [2.24, 2.45) is 0 Å². The summed E-state index contributed by atoms with van der Waals surface area (Å²) in [7, 11) is 0. The van der Waals surface area contributed by atoms with E-state index in [9.17, 15) is 15.2 Å². The predicted octanol–water partition coefficient (Wildman–Crippen LogP) is 0.141. The number of anilines is 1. The standard InChI is InChI=1S/C18H14N2O2S2.Na/c19-11-15(17(22)20-14-9-5-2-6-10-14)18(23)24-12-16(21)13-7-3-1-4-8-13;/h1-10,20,22H,12H2;/q;+1/p-1/b17-15-;. The van der Waals surface area contributed by atoms with Crippen molar-refractivity contribution < 1.29 is 39.5 Å². The maximum Gasteiger partial charge on any atom is 1.00 e. The van der Waals surface area contributed by atoms with Crippen molar-refractivity contribution in [3.05, 3.63) is 77.7 Å². The number of para-hydroxylation sites is 1. The molecule has 0 aliphatic heterocycles. The first-order valence-electron chi connectivity index (χ1n) is 7.00. The Morgan fingerprint density at radius 3 is 2.24 bits per heavy atom. The van der Waals surface area contributed by atoms with Crippen LogP contribution in [0.15, 0.2) is 72.1 Å². The minimum Gasteiger partial charge on any atom is -0.859 e. The van der Waals surface area contributed by atoms with Gasteiger partial charge < -0.3 is 10.4 Å². The van der Waals surface area contributed by atoms with Crippen LogP contribution >= 0.6 is 24.0 Å². The van der Waals surface area contributed by atoms with Crippen LogP contribution < -0.4 is 40.0 Å². The van der Waals surface area contributed by atoms with Crippen molar-refractivity contribution in [2.75, 3.05) is 11.1 Å². The molecule has 0 bridgehead atoms. The minimum absolute atomic E-state index is 0. The quantitative estimate of drug-likeness (QED) is 0.193. The monoisotopic (exact) mass is 376 g/mol. The predicted molar refractivity (Wildman–Crippen MR) is 98.5 cm³/mol. The van der Waals surface area contributed by atoms with E-state index < -0.39 is 5.88 Å². The first-order chi connectivity index (χ1) is 11.6. The number of hydrogen-bond donors (Lipinski definition) is 1. The Balaban J connectivity index is 0.00000312. The normalized spacial score (nSPS) is 10.7.